The highest BCUT2D eigenvalue weighted by Crippen LogP contribution is 2.36. The molecule has 232 valence electrons. The third kappa shape index (κ3) is 8.05. The Morgan fingerprint density at radius 1 is 1.05 bits per heavy atom. The zero-order valence-corrected chi connectivity index (χ0v) is 23.5. The van der Waals surface area contributed by atoms with E-state index in [0.717, 1.165) is 36.7 Å². The number of thioether (sulfide) groups is 1. The SMILES string of the molecule is O=C1NC(=O)/C(=C\c2ccnc(N3CCC(CNCc4cc(-c5ccccc5OC(F)(F)F)nc(C(F)(F)F)c4)CC3)n2)S1. The fraction of sp³-hybridized carbons (Fsp3) is 0.321. The first-order valence-electron chi connectivity index (χ1n) is 13.3. The van der Waals surface area contributed by atoms with Crippen LogP contribution in [0.2, 0.25) is 0 Å². The Hall–Kier alpha value is -4.18. The Kier molecular flexibility index (Phi) is 9.10. The van der Waals surface area contributed by atoms with E-state index in [2.05, 4.69) is 30.3 Å². The quantitative estimate of drug-likeness (QED) is 0.234. The number of piperidine rings is 1. The van der Waals surface area contributed by atoms with Gasteiger partial charge in [-0.25, -0.2) is 15.0 Å². The molecule has 2 aliphatic heterocycles. The van der Waals surface area contributed by atoms with Gasteiger partial charge in [0.2, 0.25) is 5.95 Å². The zero-order chi connectivity index (χ0) is 31.5. The van der Waals surface area contributed by atoms with Crippen LogP contribution in [0.4, 0.5) is 37.1 Å². The first-order chi connectivity index (χ1) is 20.8. The molecule has 0 aliphatic carbocycles. The second kappa shape index (κ2) is 12.8. The molecule has 2 N–H and O–H groups in total. The van der Waals surface area contributed by atoms with Crippen LogP contribution < -0.4 is 20.3 Å². The molecule has 2 amide bonds. The van der Waals surface area contributed by atoms with Crippen LogP contribution >= 0.6 is 11.8 Å². The number of hydrogen-bond acceptors (Lipinski definition) is 9. The molecule has 2 aliphatic rings. The number of amides is 2. The maximum absolute atomic E-state index is 13.6. The molecule has 0 unspecified atom stereocenters. The van der Waals surface area contributed by atoms with Crippen LogP contribution in [-0.4, -0.2) is 52.1 Å². The molecule has 44 heavy (non-hydrogen) atoms. The number of aromatic nitrogens is 3. The summed E-state index contributed by atoms with van der Waals surface area (Å²) >= 11 is 0.795. The number of para-hydroxylation sites is 1. The van der Waals surface area contributed by atoms with Crippen molar-refractivity contribution in [3.8, 4) is 17.0 Å². The summed E-state index contributed by atoms with van der Waals surface area (Å²) in [5.74, 6) is -0.460. The van der Waals surface area contributed by atoms with E-state index < -0.39 is 35.1 Å². The van der Waals surface area contributed by atoms with Gasteiger partial charge in [0.15, 0.2) is 0 Å². The number of nitrogens with zero attached hydrogens (tertiary/aromatic N) is 4. The molecular formula is C28H24F6N6O3S. The van der Waals surface area contributed by atoms with Gasteiger partial charge >= 0.3 is 12.5 Å². The van der Waals surface area contributed by atoms with Gasteiger partial charge < -0.3 is 15.0 Å². The molecule has 3 aromatic rings. The number of rotatable bonds is 8. The van der Waals surface area contributed by atoms with Crippen LogP contribution in [0.3, 0.4) is 0 Å². The van der Waals surface area contributed by atoms with E-state index in [9.17, 15) is 35.9 Å². The summed E-state index contributed by atoms with van der Waals surface area (Å²) in [6, 6.07) is 8.71. The highest BCUT2D eigenvalue weighted by molar-refractivity contribution is 8.18. The van der Waals surface area contributed by atoms with E-state index in [1.807, 2.05) is 4.90 Å². The average molecular weight is 639 g/mol. The van der Waals surface area contributed by atoms with E-state index >= 15 is 0 Å². The minimum Gasteiger partial charge on any atom is -0.405 e. The first kappa shape index (κ1) is 31.3. The summed E-state index contributed by atoms with van der Waals surface area (Å²) < 4.78 is 83.6. The van der Waals surface area contributed by atoms with Gasteiger partial charge in [-0.2, -0.15) is 13.2 Å². The molecule has 5 rings (SSSR count). The molecule has 0 spiro atoms. The zero-order valence-electron chi connectivity index (χ0n) is 22.7. The van der Waals surface area contributed by atoms with Crippen molar-refractivity contribution in [2.24, 2.45) is 5.92 Å². The lowest BCUT2D eigenvalue weighted by Gasteiger charge is -2.32. The first-order valence-corrected chi connectivity index (χ1v) is 14.1. The number of hydrogen-bond donors (Lipinski definition) is 2. The lowest BCUT2D eigenvalue weighted by Crippen LogP contribution is -2.38. The van der Waals surface area contributed by atoms with Crippen LogP contribution in [0.15, 0.2) is 53.6 Å². The molecule has 2 aromatic heterocycles. The van der Waals surface area contributed by atoms with Gasteiger partial charge in [-0.05, 0) is 79.0 Å². The lowest BCUT2D eigenvalue weighted by atomic mass is 9.97. The normalized spacial score (nSPS) is 17.3. The van der Waals surface area contributed by atoms with Gasteiger partial charge in [0.05, 0.1) is 16.3 Å². The van der Waals surface area contributed by atoms with Crippen molar-refractivity contribution in [3.63, 3.8) is 0 Å². The average Bonchev–Trinajstić information content (AvgIpc) is 3.28. The molecule has 1 aromatic carbocycles. The van der Waals surface area contributed by atoms with E-state index in [4.69, 9.17) is 0 Å². The van der Waals surface area contributed by atoms with Crippen molar-refractivity contribution in [1.82, 2.24) is 25.6 Å². The summed E-state index contributed by atoms with van der Waals surface area (Å²) in [5, 5.41) is 4.90. The fourth-order valence-corrected chi connectivity index (χ4v) is 5.44. The van der Waals surface area contributed by atoms with Gasteiger partial charge in [-0.3, -0.25) is 14.9 Å². The third-order valence-corrected chi connectivity index (χ3v) is 7.62. The molecule has 9 nitrogen and oxygen atoms in total. The van der Waals surface area contributed by atoms with E-state index in [1.165, 1.54) is 30.3 Å². The van der Waals surface area contributed by atoms with Gasteiger partial charge in [0.1, 0.15) is 11.4 Å². The maximum Gasteiger partial charge on any atom is 0.573 e. The van der Waals surface area contributed by atoms with Crippen LogP contribution in [0.5, 0.6) is 5.75 Å². The van der Waals surface area contributed by atoms with Crippen molar-refractivity contribution >= 4 is 34.9 Å². The van der Waals surface area contributed by atoms with Gasteiger partial charge in [0, 0.05) is 31.4 Å². The molecule has 0 radical (unpaired) electrons. The number of pyridine rings is 1. The number of alkyl halides is 6. The Labute approximate surface area is 251 Å². The summed E-state index contributed by atoms with van der Waals surface area (Å²) in [6.07, 6.45) is -5.28. The smallest absolute Gasteiger partial charge is 0.405 e. The number of halogens is 6. The predicted octanol–water partition coefficient (Wildman–Crippen LogP) is 5.79. The second-order valence-electron chi connectivity index (χ2n) is 9.98. The van der Waals surface area contributed by atoms with Crippen LogP contribution in [0, 0.1) is 5.92 Å². The van der Waals surface area contributed by atoms with Gasteiger partial charge in [-0.1, -0.05) is 12.1 Å². The van der Waals surface area contributed by atoms with E-state index in [0.29, 0.717) is 31.3 Å². The number of nitrogens with one attached hydrogen (secondary N) is 2. The minimum atomic E-state index is -5.03. The van der Waals surface area contributed by atoms with Crippen molar-refractivity contribution in [3.05, 3.63) is 70.5 Å². The molecule has 0 atom stereocenters. The summed E-state index contributed by atoms with van der Waals surface area (Å²) in [4.78, 5) is 37.8. The fourth-order valence-electron chi connectivity index (χ4n) is 4.77. The molecule has 4 heterocycles. The summed E-state index contributed by atoms with van der Waals surface area (Å²) in [7, 11) is 0. The summed E-state index contributed by atoms with van der Waals surface area (Å²) in [5.41, 5.74) is -1.05. The Morgan fingerprint density at radius 3 is 2.48 bits per heavy atom. The van der Waals surface area contributed by atoms with Crippen molar-refractivity contribution < 1.29 is 40.7 Å². The topological polar surface area (TPSA) is 109 Å². The van der Waals surface area contributed by atoms with E-state index in [-0.39, 0.29) is 34.2 Å². The number of ether oxygens (including phenoxy) is 1. The predicted molar refractivity (Wildman–Crippen MR) is 149 cm³/mol. The number of anilines is 1. The van der Waals surface area contributed by atoms with Crippen LogP contribution in [-0.2, 0) is 17.5 Å². The molecule has 16 heteroatoms. The Balaban J connectivity index is 1.21. The Morgan fingerprint density at radius 2 is 1.80 bits per heavy atom. The number of carbonyl (C=O) groups is 2. The van der Waals surface area contributed by atoms with Crippen molar-refractivity contribution in [2.45, 2.75) is 31.9 Å². The van der Waals surface area contributed by atoms with Crippen LogP contribution in [0.25, 0.3) is 17.3 Å². The van der Waals surface area contributed by atoms with Crippen molar-refractivity contribution in [1.29, 1.82) is 0 Å². The second-order valence-corrected chi connectivity index (χ2v) is 11.0. The van der Waals surface area contributed by atoms with Gasteiger partial charge in [-0.15, -0.1) is 13.2 Å². The number of carbonyl (C=O) groups excluding carboxylic acids is 2. The minimum absolute atomic E-state index is 0.0367. The molecule has 2 saturated heterocycles. The molecule has 2 fully saturated rings. The Bertz CT molecular complexity index is 1570. The molecule has 0 bridgehead atoms. The summed E-state index contributed by atoms with van der Waals surface area (Å²) in [6.45, 7) is 1.77. The standard InChI is InChI=1S/C28H24F6N6O3S/c29-27(30,31)23-12-17(11-20(38-23)19-3-1-2-4-21(19)43-28(32,33)34)15-35-14-16-6-9-40(10-7-16)25-36-8-5-18(37-25)13-22-24(41)39-26(42)44-22/h1-5,8,11-13,16,35H,6-7,9-10,14-15H2,(H,39,41,42)/b22-13+. The number of benzene rings is 1. The van der Waals surface area contributed by atoms with Crippen molar-refractivity contribution in [2.75, 3.05) is 24.5 Å². The molecular weight excluding hydrogens is 614 g/mol. The largest absolute Gasteiger partial charge is 0.573 e. The molecule has 0 saturated carbocycles. The van der Waals surface area contributed by atoms with Gasteiger partial charge in [0.25, 0.3) is 11.1 Å². The highest BCUT2D eigenvalue weighted by Gasteiger charge is 2.35. The highest BCUT2D eigenvalue weighted by atomic mass is 32.2. The third-order valence-electron chi connectivity index (χ3n) is 6.81. The lowest BCUT2D eigenvalue weighted by molar-refractivity contribution is -0.274. The maximum atomic E-state index is 13.6. The monoisotopic (exact) mass is 638 g/mol. The number of imide groups is 1. The van der Waals surface area contributed by atoms with Crippen LogP contribution in [0.1, 0.15) is 29.8 Å². The van der Waals surface area contributed by atoms with E-state index in [1.54, 1.807) is 12.3 Å².